The van der Waals surface area contributed by atoms with Crippen LogP contribution in [0.25, 0.3) is 95.9 Å². The van der Waals surface area contributed by atoms with Crippen LogP contribution in [-0.4, -0.2) is 4.98 Å². The lowest BCUT2D eigenvalue weighted by atomic mass is 9.93. The minimum Gasteiger partial charge on any atom is -0.310 e. The Kier molecular flexibility index (Phi) is 8.58. The third-order valence-electron chi connectivity index (χ3n) is 11.9. The van der Waals surface area contributed by atoms with E-state index in [-0.39, 0.29) is 0 Å². The molecule has 0 aliphatic heterocycles. The Morgan fingerprint density at radius 2 is 0.934 bits per heavy atom. The minimum absolute atomic E-state index is 1.06. The molecule has 0 atom stereocenters. The molecule has 12 rings (SSSR count). The fraction of sp³-hybridized carbons (Fsp3) is 0. The predicted molar refractivity (Wildman–Crippen MR) is 264 cm³/mol. The van der Waals surface area contributed by atoms with Crippen LogP contribution in [0.1, 0.15) is 0 Å². The predicted octanol–water partition coefficient (Wildman–Crippen LogP) is 17.1. The molecule has 0 saturated heterocycles. The summed E-state index contributed by atoms with van der Waals surface area (Å²) in [7, 11) is 0. The Balaban J connectivity index is 0.946. The number of anilines is 3. The molecule has 0 radical (unpaired) electrons. The molecule has 0 saturated carbocycles. The highest BCUT2D eigenvalue weighted by atomic mass is 32.1. The van der Waals surface area contributed by atoms with Crippen LogP contribution >= 0.6 is 22.7 Å². The van der Waals surface area contributed by atoms with Gasteiger partial charge in [0.05, 0.1) is 10.2 Å². The fourth-order valence-electron chi connectivity index (χ4n) is 8.92. The number of thiophene rings is 1. The molecule has 12 aromatic rings. The van der Waals surface area contributed by atoms with Crippen molar-refractivity contribution < 1.29 is 0 Å². The van der Waals surface area contributed by atoms with Gasteiger partial charge in [-0.1, -0.05) is 152 Å². The zero-order chi connectivity index (χ0) is 40.3. The van der Waals surface area contributed by atoms with Crippen LogP contribution in [0.3, 0.4) is 0 Å². The van der Waals surface area contributed by atoms with Gasteiger partial charge in [-0.05, 0) is 122 Å². The van der Waals surface area contributed by atoms with Crippen molar-refractivity contribution in [1.82, 2.24) is 4.98 Å². The first kappa shape index (κ1) is 35.6. The second-order valence-corrected chi connectivity index (χ2v) is 17.6. The normalized spacial score (nSPS) is 11.6. The van der Waals surface area contributed by atoms with Crippen molar-refractivity contribution in [3.63, 3.8) is 0 Å². The summed E-state index contributed by atoms with van der Waals surface area (Å²) in [5.41, 5.74) is 12.7. The van der Waals surface area contributed by atoms with Crippen molar-refractivity contribution in [3.8, 4) is 44.0 Å². The molecule has 286 valence electrons. The van der Waals surface area contributed by atoms with Crippen molar-refractivity contribution in [2.75, 3.05) is 4.90 Å². The van der Waals surface area contributed by atoms with E-state index < -0.39 is 0 Å². The molecule has 0 spiro atoms. The third-order valence-corrected chi connectivity index (χ3v) is 14.2. The highest BCUT2D eigenvalue weighted by Gasteiger charge is 2.18. The lowest BCUT2D eigenvalue weighted by Gasteiger charge is -2.26. The van der Waals surface area contributed by atoms with Gasteiger partial charge in [0.1, 0.15) is 5.01 Å². The Bertz CT molecular complexity index is 3570. The van der Waals surface area contributed by atoms with E-state index in [1.165, 1.54) is 79.8 Å². The largest absolute Gasteiger partial charge is 0.310 e. The number of fused-ring (bicyclic) bond motifs is 8. The summed E-state index contributed by atoms with van der Waals surface area (Å²) in [6, 6.07) is 79.3. The molecule has 4 heteroatoms. The van der Waals surface area contributed by atoms with E-state index in [0.29, 0.717) is 0 Å². The average Bonchev–Trinajstić information content (AvgIpc) is 3.94. The van der Waals surface area contributed by atoms with Gasteiger partial charge in [0.15, 0.2) is 0 Å². The van der Waals surface area contributed by atoms with E-state index in [9.17, 15) is 0 Å². The molecule has 0 aliphatic carbocycles. The maximum absolute atomic E-state index is 5.06. The van der Waals surface area contributed by atoms with Crippen molar-refractivity contribution in [2.45, 2.75) is 0 Å². The van der Waals surface area contributed by atoms with Gasteiger partial charge in [-0.3, -0.25) is 0 Å². The monoisotopic (exact) mass is 812 g/mol. The number of hydrogen-bond donors (Lipinski definition) is 0. The molecular weight excluding hydrogens is 777 g/mol. The maximum atomic E-state index is 5.06. The van der Waals surface area contributed by atoms with E-state index in [2.05, 4.69) is 223 Å². The number of benzene rings is 10. The van der Waals surface area contributed by atoms with E-state index in [1.54, 1.807) is 11.3 Å². The van der Waals surface area contributed by atoms with Gasteiger partial charge in [-0.15, -0.1) is 22.7 Å². The van der Waals surface area contributed by atoms with Crippen LogP contribution in [0.5, 0.6) is 0 Å². The number of thiazole rings is 1. The summed E-state index contributed by atoms with van der Waals surface area (Å²) >= 11 is 3.65. The molecule has 0 bridgehead atoms. The lowest BCUT2D eigenvalue weighted by Crippen LogP contribution is -2.10. The average molecular weight is 813 g/mol. The number of aromatic nitrogens is 1. The van der Waals surface area contributed by atoms with Gasteiger partial charge >= 0.3 is 0 Å². The quantitative estimate of drug-likeness (QED) is 0.149. The number of rotatable bonds is 7. The molecule has 0 unspecified atom stereocenters. The van der Waals surface area contributed by atoms with E-state index in [0.717, 1.165) is 33.1 Å². The second kappa shape index (κ2) is 14.7. The summed E-state index contributed by atoms with van der Waals surface area (Å²) in [4.78, 5) is 7.43. The maximum Gasteiger partial charge on any atom is 0.124 e. The summed E-state index contributed by atoms with van der Waals surface area (Å²) < 4.78 is 3.84. The van der Waals surface area contributed by atoms with Gasteiger partial charge < -0.3 is 4.90 Å². The molecule has 2 heterocycles. The first-order valence-electron chi connectivity index (χ1n) is 20.6. The van der Waals surface area contributed by atoms with E-state index >= 15 is 0 Å². The molecule has 61 heavy (non-hydrogen) atoms. The van der Waals surface area contributed by atoms with Gasteiger partial charge in [0, 0.05) is 42.8 Å². The Hall–Kier alpha value is -7.37. The first-order chi connectivity index (χ1) is 30.2. The van der Waals surface area contributed by atoms with Crippen LogP contribution in [0, 0.1) is 0 Å². The summed E-state index contributed by atoms with van der Waals surface area (Å²) in [6.07, 6.45) is 0. The molecule has 2 aromatic heterocycles. The number of hydrogen-bond acceptors (Lipinski definition) is 4. The smallest absolute Gasteiger partial charge is 0.124 e. The first-order valence-corrected chi connectivity index (χ1v) is 22.2. The zero-order valence-electron chi connectivity index (χ0n) is 33.0. The van der Waals surface area contributed by atoms with Crippen LogP contribution in [-0.2, 0) is 0 Å². The van der Waals surface area contributed by atoms with E-state index in [1.807, 2.05) is 11.3 Å². The highest BCUT2D eigenvalue weighted by Crippen LogP contribution is 2.45. The van der Waals surface area contributed by atoms with Crippen LogP contribution < -0.4 is 4.90 Å². The van der Waals surface area contributed by atoms with E-state index in [4.69, 9.17) is 4.98 Å². The fourth-order valence-corrected chi connectivity index (χ4v) is 11.2. The van der Waals surface area contributed by atoms with Crippen LogP contribution in [0.15, 0.2) is 218 Å². The Morgan fingerprint density at radius 3 is 1.70 bits per heavy atom. The van der Waals surface area contributed by atoms with Crippen molar-refractivity contribution >= 4 is 91.7 Å². The van der Waals surface area contributed by atoms with Gasteiger partial charge in [-0.2, -0.15) is 0 Å². The van der Waals surface area contributed by atoms with Gasteiger partial charge in [0.2, 0.25) is 0 Å². The molecule has 10 aromatic carbocycles. The Labute approximate surface area is 361 Å². The van der Waals surface area contributed by atoms with Crippen molar-refractivity contribution in [3.05, 3.63) is 218 Å². The molecule has 0 amide bonds. The van der Waals surface area contributed by atoms with Crippen molar-refractivity contribution in [2.24, 2.45) is 0 Å². The van der Waals surface area contributed by atoms with Crippen LogP contribution in [0.4, 0.5) is 17.1 Å². The second-order valence-electron chi connectivity index (χ2n) is 15.5. The minimum atomic E-state index is 1.06. The standard InChI is InChI=1S/C57H36N2S2/c1-3-12-37(13-4-1)41-17-11-18-46(34-41)59(45-29-24-39(25-30-45)50-36-43-16-7-8-19-47(43)48-20-9-10-21-49(48)50)44-27-22-38(23-28-44)42-26-32-53-51(35-42)55-54(60-53)33-31-52-56(55)61-57(58-52)40-14-5-2-6-15-40/h1-36H. The molecular formula is C57H36N2S2. The summed E-state index contributed by atoms with van der Waals surface area (Å²) in [5.74, 6) is 0. The third kappa shape index (κ3) is 6.27. The molecule has 0 fully saturated rings. The van der Waals surface area contributed by atoms with Crippen molar-refractivity contribution in [1.29, 1.82) is 0 Å². The van der Waals surface area contributed by atoms with Gasteiger partial charge in [0.25, 0.3) is 0 Å². The molecule has 2 nitrogen and oxygen atoms in total. The Morgan fingerprint density at radius 1 is 0.344 bits per heavy atom. The molecule has 0 N–H and O–H groups in total. The summed E-state index contributed by atoms with van der Waals surface area (Å²) in [6.45, 7) is 0. The highest BCUT2D eigenvalue weighted by molar-refractivity contribution is 7.28. The lowest BCUT2D eigenvalue weighted by molar-refractivity contribution is 1.28. The number of nitrogens with zero attached hydrogens (tertiary/aromatic N) is 2. The summed E-state index contributed by atoms with van der Waals surface area (Å²) in [5, 5.41) is 8.72. The zero-order valence-corrected chi connectivity index (χ0v) is 34.6. The molecule has 0 aliphatic rings. The SMILES string of the molecule is c1ccc(-c2cccc(N(c3ccc(-c4ccc5sc6ccc7nc(-c8ccccc8)sc7c6c5c4)cc3)c3ccc(-c4cc5ccccc5c5ccccc45)cc3)c2)cc1. The van der Waals surface area contributed by atoms with Crippen LogP contribution in [0.2, 0.25) is 0 Å². The van der Waals surface area contributed by atoms with Gasteiger partial charge in [-0.25, -0.2) is 4.98 Å². The topological polar surface area (TPSA) is 16.1 Å².